The number of aliphatic hydroxyl groups excluding tert-OH is 1. The topological polar surface area (TPSA) is 89.9 Å². The van der Waals surface area contributed by atoms with Crippen molar-refractivity contribution in [2.45, 2.75) is 38.4 Å². The van der Waals surface area contributed by atoms with Gasteiger partial charge in [-0.1, -0.05) is 19.2 Å². The largest absolute Gasteiger partial charge is 0.458 e. The van der Waals surface area contributed by atoms with Crippen LogP contribution in [-0.4, -0.2) is 42.1 Å². The quantitative estimate of drug-likeness (QED) is 0.361. The summed E-state index contributed by atoms with van der Waals surface area (Å²) in [5.74, 6) is -1.81. The van der Waals surface area contributed by atoms with Crippen LogP contribution in [0.1, 0.15) is 26.2 Å². The number of allylic oxidation sites excluding steroid dienone is 1. The van der Waals surface area contributed by atoms with Crippen LogP contribution in [0.25, 0.3) is 0 Å². The Kier molecular flexibility index (Phi) is 6.09. The molecule has 0 bridgehead atoms. The van der Waals surface area contributed by atoms with Crippen molar-refractivity contribution in [2.75, 3.05) is 6.61 Å². The highest BCUT2D eigenvalue weighted by molar-refractivity contribution is 5.92. The lowest BCUT2D eigenvalue weighted by atomic mass is 9.85. The van der Waals surface area contributed by atoms with E-state index in [9.17, 15) is 19.5 Å². The lowest BCUT2D eigenvalue weighted by Crippen LogP contribution is -2.34. The van der Waals surface area contributed by atoms with Gasteiger partial charge < -0.3 is 14.6 Å². The van der Waals surface area contributed by atoms with Gasteiger partial charge in [-0.15, -0.1) is 0 Å². The van der Waals surface area contributed by atoms with E-state index in [4.69, 9.17) is 9.47 Å². The molecule has 1 heterocycles. The van der Waals surface area contributed by atoms with Crippen LogP contribution in [0.5, 0.6) is 0 Å². The molecule has 0 aromatic carbocycles. The fourth-order valence-electron chi connectivity index (χ4n) is 2.96. The lowest BCUT2D eigenvalue weighted by molar-refractivity contribution is -0.147. The van der Waals surface area contributed by atoms with Gasteiger partial charge in [-0.25, -0.2) is 9.59 Å². The van der Waals surface area contributed by atoms with Gasteiger partial charge in [0, 0.05) is 17.6 Å². The number of esters is 2. The molecule has 0 radical (unpaired) electrons. The molecule has 1 aliphatic carbocycles. The summed E-state index contributed by atoms with van der Waals surface area (Å²) < 4.78 is 10.8. The van der Waals surface area contributed by atoms with Crippen LogP contribution >= 0.6 is 0 Å². The van der Waals surface area contributed by atoms with Crippen molar-refractivity contribution in [2.24, 2.45) is 5.92 Å². The maximum Gasteiger partial charge on any atom is 0.334 e. The molecule has 1 fully saturated rings. The first-order chi connectivity index (χ1) is 11.9. The molecule has 0 aromatic rings. The Balaban J connectivity index is 2.45. The highest BCUT2D eigenvalue weighted by atomic mass is 16.6. The smallest absolute Gasteiger partial charge is 0.334 e. The summed E-state index contributed by atoms with van der Waals surface area (Å²) in [6.45, 7) is 8.65. The van der Waals surface area contributed by atoms with Crippen LogP contribution < -0.4 is 0 Å². The van der Waals surface area contributed by atoms with E-state index in [0.29, 0.717) is 30.3 Å². The number of carbonyl (C=O) groups is 3. The van der Waals surface area contributed by atoms with Gasteiger partial charge in [0.05, 0.1) is 12.5 Å². The van der Waals surface area contributed by atoms with E-state index >= 15 is 0 Å². The van der Waals surface area contributed by atoms with Crippen molar-refractivity contribution in [1.82, 2.24) is 0 Å². The molecule has 3 atom stereocenters. The zero-order valence-corrected chi connectivity index (χ0v) is 14.2. The fraction of sp³-hybridized carbons (Fsp3) is 0.421. The van der Waals surface area contributed by atoms with Gasteiger partial charge in [0.2, 0.25) is 0 Å². The molecule has 25 heavy (non-hydrogen) atoms. The van der Waals surface area contributed by atoms with E-state index in [2.05, 4.69) is 13.2 Å². The van der Waals surface area contributed by atoms with Crippen LogP contribution in [0, 0.1) is 5.92 Å². The van der Waals surface area contributed by atoms with Crippen LogP contribution in [0.3, 0.4) is 0 Å². The summed E-state index contributed by atoms with van der Waals surface area (Å²) in [5, 5.41) is 9.51. The summed E-state index contributed by atoms with van der Waals surface area (Å²) >= 11 is 0. The molecule has 2 rings (SSSR count). The zero-order valence-electron chi connectivity index (χ0n) is 14.2. The van der Waals surface area contributed by atoms with Crippen molar-refractivity contribution >= 4 is 18.2 Å². The number of rotatable bonds is 4. The summed E-state index contributed by atoms with van der Waals surface area (Å²) in [4.78, 5) is 35.4. The molecule has 0 unspecified atom stereocenters. The fourth-order valence-corrected chi connectivity index (χ4v) is 2.96. The van der Waals surface area contributed by atoms with Gasteiger partial charge in [-0.3, -0.25) is 4.79 Å². The number of ether oxygens (including phenoxy) is 2. The van der Waals surface area contributed by atoms with Crippen molar-refractivity contribution in [3.05, 3.63) is 47.6 Å². The predicted octanol–water partition coefficient (Wildman–Crippen LogP) is 1.80. The second-order valence-corrected chi connectivity index (χ2v) is 6.27. The standard InChI is InChI=1S/C19H22O6/c1-11(2)18(22)24-15-7-13(9-20)5-4-6-14(10-21)8-16-17(15)12(3)19(23)25-16/h5,8-9,15-17,21H,1,3-4,6-7,10H2,2H3/t15-,16-,17-/m1/s1. The van der Waals surface area contributed by atoms with E-state index in [1.54, 1.807) is 12.2 Å². The van der Waals surface area contributed by atoms with E-state index < -0.39 is 30.1 Å². The van der Waals surface area contributed by atoms with Gasteiger partial charge in [0.25, 0.3) is 0 Å². The molecule has 134 valence electrons. The van der Waals surface area contributed by atoms with Gasteiger partial charge in [-0.05, 0) is 37.0 Å². The maximum absolute atomic E-state index is 12.0. The van der Waals surface area contributed by atoms with Crippen molar-refractivity contribution in [1.29, 1.82) is 0 Å². The Morgan fingerprint density at radius 1 is 1.52 bits per heavy atom. The number of carbonyl (C=O) groups excluding carboxylic acids is 3. The van der Waals surface area contributed by atoms with Crippen molar-refractivity contribution in [3.8, 4) is 0 Å². The van der Waals surface area contributed by atoms with Gasteiger partial charge in [0.1, 0.15) is 18.5 Å². The lowest BCUT2D eigenvalue weighted by Gasteiger charge is -2.27. The minimum absolute atomic E-state index is 0.154. The third-order valence-electron chi connectivity index (χ3n) is 4.33. The zero-order chi connectivity index (χ0) is 18.6. The van der Waals surface area contributed by atoms with Crippen LogP contribution in [0.15, 0.2) is 47.6 Å². The Hall–Kier alpha value is -2.47. The van der Waals surface area contributed by atoms with Gasteiger partial charge >= 0.3 is 11.9 Å². The van der Waals surface area contributed by atoms with E-state index in [0.717, 1.165) is 0 Å². The number of hydrogen-bond acceptors (Lipinski definition) is 6. The van der Waals surface area contributed by atoms with Crippen LogP contribution in [0.4, 0.5) is 0 Å². The van der Waals surface area contributed by atoms with E-state index in [-0.39, 0.29) is 24.2 Å². The first-order valence-electron chi connectivity index (χ1n) is 8.08. The Bertz CT molecular complexity index is 669. The third kappa shape index (κ3) is 4.33. The average Bonchev–Trinajstić information content (AvgIpc) is 2.85. The second-order valence-electron chi connectivity index (χ2n) is 6.27. The predicted molar refractivity (Wildman–Crippen MR) is 90.4 cm³/mol. The summed E-state index contributed by atoms with van der Waals surface area (Å²) in [7, 11) is 0. The molecule has 0 spiro atoms. The second kappa shape index (κ2) is 8.07. The molecule has 0 aromatic heterocycles. The molecule has 0 saturated carbocycles. The number of aldehydes is 1. The van der Waals surface area contributed by atoms with Crippen molar-refractivity contribution in [3.63, 3.8) is 0 Å². The molecule has 1 aliphatic heterocycles. The molecule has 6 heteroatoms. The summed E-state index contributed by atoms with van der Waals surface area (Å²) in [5.41, 5.74) is 1.55. The number of fused-ring (bicyclic) bond motifs is 1. The first-order valence-corrected chi connectivity index (χ1v) is 8.08. The molecular weight excluding hydrogens is 324 g/mol. The SMILES string of the molecule is C=C(C)C(=O)O[C@@H]1CC(C=O)=CCCC(CO)=C[C@H]2OC(=O)C(=C)[C@@H]21. The highest BCUT2D eigenvalue weighted by Crippen LogP contribution is 2.36. The van der Waals surface area contributed by atoms with Crippen LogP contribution in [-0.2, 0) is 23.9 Å². The van der Waals surface area contributed by atoms with E-state index in [1.165, 1.54) is 6.92 Å². The molecular formula is C19H22O6. The molecule has 1 saturated heterocycles. The molecule has 0 amide bonds. The summed E-state index contributed by atoms with van der Waals surface area (Å²) in [6, 6.07) is 0. The van der Waals surface area contributed by atoms with Gasteiger partial charge in [-0.2, -0.15) is 0 Å². The van der Waals surface area contributed by atoms with Crippen LogP contribution in [0.2, 0.25) is 0 Å². The number of hydrogen-bond donors (Lipinski definition) is 1. The Morgan fingerprint density at radius 3 is 2.84 bits per heavy atom. The normalized spacial score (nSPS) is 26.7. The monoisotopic (exact) mass is 346 g/mol. The summed E-state index contributed by atoms with van der Waals surface area (Å²) in [6.07, 6.45) is 3.89. The highest BCUT2D eigenvalue weighted by Gasteiger charge is 2.44. The van der Waals surface area contributed by atoms with E-state index in [1.807, 2.05) is 0 Å². The minimum atomic E-state index is -0.793. The molecule has 1 N–H and O–H groups in total. The minimum Gasteiger partial charge on any atom is -0.458 e. The van der Waals surface area contributed by atoms with Crippen molar-refractivity contribution < 1.29 is 29.0 Å². The molecule has 2 aliphatic rings. The van der Waals surface area contributed by atoms with Gasteiger partial charge in [0.15, 0.2) is 0 Å². The average molecular weight is 346 g/mol. The molecule has 6 nitrogen and oxygen atoms in total. The Morgan fingerprint density at radius 2 is 2.24 bits per heavy atom. The first kappa shape index (κ1) is 18.9. The maximum atomic E-state index is 12.0. The Labute approximate surface area is 146 Å². The third-order valence-corrected chi connectivity index (χ3v) is 4.33. The number of aliphatic hydroxyl groups is 1.